The van der Waals surface area contributed by atoms with Gasteiger partial charge in [0.25, 0.3) is 0 Å². The number of carbonyl (C=O) groups excluding carboxylic acids is 1. The van der Waals surface area contributed by atoms with Gasteiger partial charge in [-0.25, -0.2) is 0 Å². The van der Waals surface area contributed by atoms with Gasteiger partial charge in [0, 0.05) is 17.5 Å². The fourth-order valence-electron chi connectivity index (χ4n) is 2.34. The molecule has 0 radical (unpaired) electrons. The topological polar surface area (TPSA) is 38.3 Å². The molecule has 2 unspecified atom stereocenters. The molecule has 1 fully saturated rings. The summed E-state index contributed by atoms with van der Waals surface area (Å²) >= 11 is 5.84. The minimum absolute atomic E-state index is 0.0257. The van der Waals surface area contributed by atoms with Crippen molar-refractivity contribution in [3.05, 3.63) is 34.9 Å². The predicted octanol–water partition coefficient (Wildman–Crippen LogP) is 2.47. The number of carbonyl (C=O) groups is 1. The Balaban J connectivity index is 1.93. The van der Waals surface area contributed by atoms with Crippen molar-refractivity contribution in [2.24, 2.45) is 5.92 Å². The summed E-state index contributed by atoms with van der Waals surface area (Å²) in [5.74, 6) is 0.218. The monoisotopic (exact) mass is 281 g/mol. The predicted molar refractivity (Wildman–Crippen MR) is 76.6 cm³/mol. The van der Waals surface area contributed by atoms with Gasteiger partial charge in [-0.1, -0.05) is 30.7 Å². The molecular weight excluding hydrogens is 262 g/mol. The quantitative estimate of drug-likeness (QED) is 0.870. The number of halogens is 1. The van der Waals surface area contributed by atoms with Gasteiger partial charge >= 0.3 is 0 Å². The van der Waals surface area contributed by atoms with Gasteiger partial charge in [0.1, 0.15) is 5.78 Å². The fourth-order valence-corrected chi connectivity index (χ4v) is 2.46. The second kappa shape index (κ2) is 7.04. The summed E-state index contributed by atoms with van der Waals surface area (Å²) in [5.41, 5.74) is 1.01. The van der Waals surface area contributed by atoms with Crippen LogP contribution in [0.15, 0.2) is 24.3 Å². The van der Waals surface area contributed by atoms with Crippen LogP contribution in [0.1, 0.15) is 18.9 Å². The number of ketones is 1. The third-order valence-corrected chi connectivity index (χ3v) is 3.69. The molecule has 2 rings (SSSR count). The van der Waals surface area contributed by atoms with E-state index in [-0.39, 0.29) is 17.7 Å². The molecule has 0 saturated carbocycles. The molecule has 0 spiro atoms. The maximum absolute atomic E-state index is 12.3. The molecule has 1 saturated heterocycles. The Morgan fingerprint density at radius 1 is 1.37 bits per heavy atom. The lowest BCUT2D eigenvalue weighted by Crippen LogP contribution is -2.40. The maximum atomic E-state index is 12.3. The highest BCUT2D eigenvalue weighted by Crippen LogP contribution is 2.18. The molecule has 104 valence electrons. The minimum atomic E-state index is -0.0257. The first-order valence-electron chi connectivity index (χ1n) is 6.79. The van der Waals surface area contributed by atoms with E-state index >= 15 is 0 Å². The van der Waals surface area contributed by atoms with Gasteiger partial charge < -0.3 is 10.1 Å². The van der Waals surface area contributed by atoms with E-state index in [1.807, 2.05) is 24.3 Å². The van der Waals surface area contributed by atoms with E-state index in [1.165, 1.54) is 0 Å². The first-order chi connectivity index (χ1) is 9.20. The van der Waals surface area contributed by atoms with E-state index in [1.54, 1.807) is 0 Å². The summed E-state index contributed by atoms with van der Waals surface area (Å²) in [7, 11) is 0. The van der Waals surface area contributed by atoms with Gasteiger partial charge in [0.15, 0.2) is 0 Å². The van der Waals surface area contributed by atoms with Gasteiger partial charge in [-0.05, 0) is 30.7 Å². The van der Waals surface area contributed by atoms with Crippen LogP contribution < -0.4 is 5.32 Å². The molecule has 1 aliphatic rings. The van der Waals surface area contributed by atoms with Gasteiger partial charge in [-0.3, -0.25) is 4.79 Å². The molecule has 2 atom stereocenters. The zero-order valence-electron chi connectivity index (χ0n) is 11.2. The van der Waals surface area contributed by atoms with Crippen molar-refractivity contribution in [2.75, 3.05) is 19.8 Å². The summed E-state index contributed by atoms with van der Waals surface area (Å²) < 4.78 is 5.44. The highest BCUT2D eigenvalue weighted by atomic mass is 35.5. The van der Waals surface area contributed by atoms with Crippen LogP contribution in [0.5, 0.6) is 0 Å². The third kappa shape index (κ3) is 4.03. The smallest absolute Gasteiger partial charge is 0.144 e. The lowest BCUT2D eigenvalue weighted by Gasteiger charge is -2.17. The SMILES string of the molecule is CCCNC1COCC1C(=O)Cc1ccc(Cl)cc1. The molecule has 0 amide bonds. The number of hydrogen-bond donors (Lipinski definition) is 1. The second-order valence-electron chi connectivity index (χ2n) is 4.97. The van der Waals surface area contributed by atoms with Crippen LogP contribution in [0.25, 0.3) is 0 Å². The molecule has 4 heteroatoms. The van der Waals surface area contributed by atoms with Crippen LogP contribution in [0.2, 0.25) is 5.02 Å². The van der Waals surface area contributed by atoms with Gasteiger partial charge in [-0.2, -0.15) is 0 Å². The molecule has 3 nitrogen and oxygen atoms in total. The molecular formula is C15H20ClNO2. The van der Waals surface area contributed by atoms with Gasteiger partial charge in [0.05, 0.1) is 19.1 Å². The van der Waals surface area contributed by atoms with E-state index in [0.717, 1.165) is 18.5 Å². The molecule has 1 heterocycles. The number of Topliss-reactive ketones (excluding diaryl/α,β-unsaturated/α-hetero) is 1. The van der Waals surface area contributed by atoms with Crippen molar-refractivity contribution in [3.8, 4) is 0 Å². The fraction of sp³-hybridized carbons (Fsp3) is 0.533. The first-order valence-corrected chi connectivity index (χ1v) is 7.16. The summed E-state index contributed by atoms with van der Waals surface area (Å²) in [4.78, 5) is 12.3. The molecule has 0 bridgehead atoms. The average Bonchev–Trinajstić information content (AvgIpc) is 2.87. The average molecular weight is 282 g/mol. The second-order valence-corrected chi connectivity index (χ2v) is 5.41. The van der Waals surface area contributed by atoms with Crippen LogP contribution >= 0.6 is 11.6 Å². The first kappa shape index (κ1) is 14.5. The van der Waals surface area contributed by atoms with Gasteiger partial charge in [0.2, 0.25) is 0 Å². The Hall–Kier alpha value is -0.900. The third-order valence-electron chi connectivity index (χ3n) is 3.44. The van der Waals surface area contributed by atoms with Crippen LogP contribution in [0.3, 0.4) is 0 Å². The highest BCUT2D eigenvalue weighted by Gasteiger charge is 2.33. The van der Waals surface area contributed by atoms with Gasteiger partial charge in [-0.15, -0.1) is 0 Å². The Morgan fingerprint density at radius 2 is 2.11 bits per heavy atom. The summed E-state index contributed by atoms with van der Waals surface area (Å²) in [6, 6.07) is 7.62. The van der Waals surface area contributed by atoms with Crippen molar-refractivity contribution in [2.45, 2.75) is 25.8 Å². The van der Waals surface area contributed by atoms with Crippen molar-refractivity contribution >= 4 is 17.4 Å². The summed E-state index contributed by atoms with van der Waals surface area (Å²) in [6.07, 6.45) is 1.52. The molecule has 19 heavy (non-hydrogen) atoms. The molecule has 0 aliphatic carbocycles. The van der Waals surface area contributed by atoms with Crippen LogP contribution in [-0.4, -0.2) is 31.6 Å². The molecule has 1 aromatic rings. The molecule has 1 aromatic carbocycles. The standard InChI is InChI=1S/C15H20ClNO2/c1-2-7-17-14-10-19-9-13(14)15(18)8-11-3-5-12(16)6-4-11/h3-6,13-14,17H,2,7-10H2,1H3. The van der Waals surface area contributed by atoms with Crippen molar-refractivity contribution in [3.63, 3.8) is 0 Å². The summed E-state index contributed by atoms with van der Waals surface area (Å²) in [6.45, 7) is 4.22. The molecule has 0 aromatic heterocycles. The number of nitrogens with one attached hydrogen (secondary N) is 1. The lowest BCUT2D eigenvalue weighted by atomic mass is 9.93. The largest absolute Gasteiger partial charge is 0.379 e. The number of rotatable bonds is 6. The zero-order valence-corrected chi connectivity index (χ0v) is 12.0. The van der Waals surface area contributed by atoms with Crippen LogP contribution in [0.4, 0.5) is 0 Å². The maximum Gasteiger partial charge on any atom is 0.144 e. The van der Waals surface area contributed by atoms with Crippen molar-refractivity contribution < 1.29 is 9.53 Å². The van der Waals surface area contributed by atoms with Crippen LogP contribution in [-0.2, 0) is 16.0 Å². The Bertz CT molecular complexity index is 419. The number of benzene rings is 1. The van der Waals surface area contributed by atoms with E-state index in [9.17, 15) is 4.79 Å². The normalized spacial score (nSPS) is 22.6. The Labute approximate surface area is 119 Å². The minimum Gasteiger partial charge on any atom is -0.379 e. The van der Waals surface area contributed by atoms with E-state index in [4.69, 9.17) is 16.3 Å². The summed E-state index contributed by atoms with van der Waals surface area (Å²) in [5, 5.41) is 4.09. The van der Waals surface area contributed by atoms with E-state index in [2.05, 4.69) is 12.2 Å². The highest BCUT2D eigenvalue weighted by molar-refractivity contribution is 6.30. The molecule has 1 N–H and O–H groups in total. The lowest BCUT2D eigenvalue weighted by molar-refractivity contribution is -0.122. The van der Waals surface area contributed by atoms with Crippen LogP contribution in [0, 0.1) is 5.92 Å². The molecule has 1 aliphatic heterocycles. The Kier molecular flexibility index (Phi) is 5.37. The Morgan fingerprint density at radius 3 is 2.79 bits per heavy atom. The zero-order chi connectivity index (χ0) is 13.7. The number of ether oxygens (including phenoxy) is 1. The van der Waals surface area contributed by atoms with Crippen molar-refractivity contribution in [1.82, 2.24) is 5.32 Å². The van der Waals surface area contributed by atoms with Crippen molar-refractivity contribution in [1.29, 1.82) is 0 Å². The number of hydrogen-bond acceptors (Lipinski definition) is 3. The van der Waals surface area contributed by atoms with E-state index in [0.29, 0.717) is 24.7 Å². The van der Waals surface area contributed by atoms with E-state index < -0.39 is 0 Å².